The topological polar surface area (TPSA) is 72.8 Å². The molecule has 304 valence electrons. The van der Waals surface area contributed by atoms with E-state index < -0.39 is 6.10 Å². The summed E-state index contributed by atoms with van der Waals surface area (Å²) in [4.78, 5) is 24.4. The predicted molar refractivity (Wildman–Crippen MR) is 219 cm³/mol. The molecule has 51 heavy (non-hydrogen) atoms. The lowest BCUT2D eigenvalue weighted by Gasteiger charge is -2.15. The average molecular weight is 723 g/mol. The third kappa shape index (κ3) is 41.5. The molecule has 0 amide bonds. The van der Waals surface area contributed by atoms with Crippen LogP contribution in [0.4, 0.5) is 0 Å². The molecule has 0 aliphatic carbocycles. The van der Waals surface area contributed by atoms with Gasteiger partial charge in [-0.15, -0.1) is 0 Å². The van der Waals surface area contributed by atoms with E-state index in [9.17, 15) is 14.7 Å². The van der Waals surface area contributed by atoms with Gasteiger partial charge in [-0.25, -0.2) is 0 Å². The summed E-state index contributed by atoms with van der Waals surface area (Å²) < 4.78 is 10.7. The van der Waals surface area contributed by atoms with Crippen molar-refractivity contribution in [2.24, 2.45) is 11.8 Å². The van der Waals surface area contributed by atoms with Crippen molar-refractivity contribution in [1.29, 1.82) is 0 Å². The van der Waals surface area contributed by atoms with E-state index in [1.54, 1.807) is 0 Å². The number of carbonyl (C=O) groups excluding carboxylic acids is 2. The summed E-state index contributed by atoms with van der Waals surface area (Å²) in [6, 6.07) is 0. The molecule has 0 spiro atoms. The quantitative estimate of drug-likeness (QED) is 0.0502. The van der Waals surface area contributed by atoms with E-state index in [1.807, 2.05) is 0 Å². The maximum absolute atomic E-state index is 12.2. The number of unbranched alkanes of at least 4 members (excludes halogenated alkanes) is 29. The highest BCUT2D eigenvalue weighted by atomic mass is 16.6. The normalized spacial score (nSPS) is 12.2. The summed E-state index contributed by atoms with van der Waals surface area (Å²) in [5.41, 5.74) is 0. The first-order valence-electron chi connectivity index (χ1n) is 22.8. The molecule has 0 fully saturated rings. The molecule has 0 saturated carbocycles. The predicted octanol–water partition coefficient (Wildman–Crippen LogP) is 14.4. The first-order valence-corrected chi connectivity index (χ1v) is 22.8. The second-order valence-corrected chi connectivity index (χ2v) is 16.8. The molecule has 0 heterocycles. The van der Waals surface area contributed by atoms with E-state index in [0.29, 0.717) is 12.8 Å². The Balaban J connectivity index is 3.46. The number of esters is 2. The van der Waals surface area contributed by atoms with Crippen LogP contribution in [-0.4, -0.2) is 36.4 Å². The summed E-state index contributed by atoms with van der Waals surface area (Å²) in [7, 11) is 0. The summed E-state index contributed by atoms with van der Waals surface area (Å²) in [5, 5.41) is 9.59. The summed E-state index contributed by atoms with van der Waals surface area (Å²) in [6.07, 6.45) is 43.2. The van der Waals surface area contributed by atoms with Gasteiger partial charge in [-0.1, -0.05) is 227 Å². The number of hydrogen-bond acceptors (Lipinski definition) is 5. The van der Waals surface area contributed by atoms with Gasteiger partial charge in [-0.3, -0.25) is 9.59 Å². The van der Waals surface area contributed by atoms with E-state index in [2.05, 4.69) is 27.7 Å². The molecule has 1 atom stereocenters. The third-order valence-corrected chi connectivity index (χ3v) is 10.5. The second-order valence-electron chi connectivity index (χ2n) is 16.8. The van der Waals surface area contributed by atoms with Crippen LogP contribution >= 0.6 is 0 Å². The molecular formula is C46H90O5. The molecular weight excluding hydrogens is 633 g/mol. The van der Waals surface area contributed by atoms with Gasteiger partial charge in [0.05, 0.1) is 6.61 Å². The molecule has 0 aromatic rings. The minimum Gasteiger partial charge on any atom is -0.462 e. The highest BCUT2D eigenvalue weighted by molar-refractivity contribution is 5.70. The SMILES string of the molecule is CC(C)CCCCCCCCCCCCCCCCCCC(=O)OC[C@H](CO)OC(=O)CCCCCCCCCCCCCCCCCC(C)C. The Morgan fingerprint density at radius 2 is 0.647 bits per heavy atom. The van der Waals surface area contributed by atoms with Crippen LogP contribution in [0.5, 0.6) is 0 Å². The van der Waals surface area contributed by atoms with Gasteiger partial charge in [-0.05, 0) is 24.7 Å². The maximum atomic E-state index is 12.2. The number of aliphatic hydroxyl groups is 1. The van der Waals surface area contributed by atoms with Crippen LogP contribution in [0.2, 0.25) is 0 Å². The molecule has 5 nitrogen and oxygen atoms in total. The Hall–Kier alpha value is -1.10. The number of hydrogen-bond donors (Lipinski definition) is 1. The number of carbonyl (C=O) groups is 2. The van der Waals surface area contributed by atoms with Crippen molar-refractivity contribution in [2.75, 3.05) is 13.2 Å². The van der Waals surface area contributed by atoms with Gasteiger partial charge in [0.2, 0.25) is 0 Å². The molecule has 5 heteroatoms. The van der Waals surface area contributed by atoms with Crippen LogP contribution in [-0.2, 0) is 19.1 Å². The fraction of sp³-hybridized carbons (Fsp3) is 0.957. The van der Waals surface area contributed by atoms with Crippen LogP contribution < -0.4 is 0 Å². The molecule has 0 aromatic heterocycles. The van der Waals surface area contributed by atoms with Crippen molar-refractivity contribution < 1.29 is 24.2 Å². The first kappa shape index (κ1) is 49.9. The molecule has 0 aliphatic rings. The second kappa shape index (κ2) is 40.1. The lowest BCUT2D eigenvalue weighted by atomic mass is 10.0. The van der Waals surface area contributed by atoms with Crippen molar-refractivity contribution in [3.8, 4) is 0 Å². The van der Waals surface area contributed by atoms with Crippen LogP contribution in [0.1, 0.15) is 252 Å². The van der Waals surface area contributed by atoms with Crippen LogP contribution in [0.25, 0.3) is 0 Å². The minimum atomic E-state index is -0.763. The van der Waals surface area contributed by atoms with Gasteiger partial charge in [0, 0.05) is 12.8 Å². The Bertz CT molecular complexity index is 720. The van der Waals surface area contributed by atoms with E-state index in [-0.39, 0.29) is 25.2 Å². The fourth-order valence-corrected chi connectivity index (χ4v) is 7.04. The molecule has 0 aromatic carbocycles. The van der Waals surface area contributed by atoms with Crippen molar-refractivity contribution in [3.05, 3.63) is 0 Å². The molecule has 0 saturated heterocycles. The smallest absolute Gasteiger partial charge is 0.306 e. The summed E-state index contributed by atoms with van der Waals surface area (Å²) >= 11 is 0. The summed E-state index contributed by atoms with van der Waals surface area (Å²) in [6.45, 7) is 8.90. The molecule has 0 rings (SSSR count). The zero-order valence-electron chi connectivity index (χ0n) is 35.0. The highest BCUT2D eigenvalue weighted by Crippen LogP contribution is 2.17. The minimum absolute atomic E-state index is 0.0576. The number of rotatable bonds is 41. The zero-order chi connectivity index (χ0) is 37.5. The standard InChI is InChI=1S/C46H90O5/c1-42(2)36-32-28-24-20-16-12-8-5-6-10-14-18-22-26-30-34-38-45(48)50-41-44(40-47)51-46(49)39-35-31-27-23-19-15-11-7-9-13-17-21-25-29-33-37-43(3)4/h42-44,47H,5-41H2,1-4H3/t44-/m0/s1. The molecule has 0 aliphatic heterocycles. The fourth-order valence-electron chi connectivity index (χ4n) is 7.04. The van der Waals surface area contributed by atoms with Crippen molar-refractivity contribution in [1.82, 2.24) is 0 Å². The Labute approximate surface area is 319 Å². The highest BCUT2D eigenvalue weighted by Gasteiger charge is 2.16. The number of aliphatic hydroxyl groups excluding tert-OH is 1. The van der Waals surface area contributed by atoms with Crippen molar-refractivity contribution >= 4 is 11.9 Å². The summed E-state index contributed by atoms with van der Waals surface area (Å²) in [5.74, 6) is 1.14. The van der Waals surface area contributed by atoms with Crippen LogP contribution in [0, 0.1) is 11.8 Å². The molecule has 0 unspecified atom stereocenters. The van der Waals surface area contributed by atoms with E-state index in [0.717, 1.165) is 43.9 Å². The average Bonchev–Trinajstić information content (AvgIpc) is 3.10. The molecule has 0 bridgehead atoms. The Morgan fingerprint density at radius 3 is 0.922 bits per heavy atom. The third-order valence-electron chi connectivity index (χ3n) is 10.5. The largest absolute Gasteiger partial charge is 0.462 e. The Morgan fingerprint density at radius 1 is 0.392 bits per heavy atom. The lowest BCUT2D eigenvalue weighted by molar-refractivity contribution is -0.161. The van der Waals surface area contributed by atoms with E-state index in [1.165, 1.54) is 180 Å². The van der Waals surface area contributed by atoms with Crippen molar-refractivity contribution in [2.45, 2.75) is 259 Å². The molecule has 1 N–H and O–H groups in total. The maximum Gasteiger partial charge on any atom is 0.306 e. The lowest BCUT2D eigenvalue weighted by Crippen LogP contribution is -2.28. The van der Waals surface area contributed by atoms with Gasteiger partial charge in [-0.2, -0.15) is 0 Å². The van der Waals surface area contributed by atoms with Gasteiger partial charge in [0.1, 0.15) is 6.61 Å². The zero-order valence-corrected chi connectivity index (χ0v) is 35.0. The van der Waals surface area contributed by atoms with Gasteiger partial charge < -0.3 is 14.6 Å². The van der Waals surface area contributed by atoms with Crippen LogP contribution in [0.15, 0.2) is 0 Å². The van der Waals surface area contributed by atoms with Gasteiger partial charge in [0.25, 0.3) is 0 Å². The molecule has 0 radical (unpaired) electrons. The van der Waals surface area contributed by atoms with E-state index in [4.69, 9.17) is 9.47 Å². The van der Waals surface area contributed by atoms with Crippen molar-refractivity contribution in [3.63, 3.8) is 0 Å². The first-order chi connectivity index (χ1) is 24.8. The van der Waals surface area contributed by atoms with Gasteiger partial charge in [0.15, 0.2) is 6.10 Å². The Kier molecular flexibility index (Phi) is 39.2. The van der Waals surface area contributed by atoms with Gasteiger partial charge >= 0.3 is 11.9 Å². The van der Waals surface area contributed by atoms with E-state index >= 15 is 0 Å². The van der Waals surface area contributed by atoms with Crippen LogP contribution in [0.3, 0.4) is 0 Å². The number of ether oxygens (including phenoxy) is 2. The monoisotopic (exact) mass is 723 g/mol.